The van der Waals surface area contributed by atoms with Gasteiger partial charge in [-0.05, 0) is 51.1 Å². The van der Waals surface area contributed by atoms with Crippen molar-refractivity contribution in [2.75, 3.05) is 0 Å². The Hall–Kier alpha value is -2.60. The molecule has 4 aromatic carbocycles. The van der Waals surface area contributed by atoms with Crippen molar-refractivity contribution in [2.45, 2.75) is 19.8 Å². The van der Waals surface area contributed by atoms with Gasteiger partial charge in [-0.1, -0.05) is 85.8 Å². The van der Waals surface area contributed by atoms with Crippen LogP contribution in [0.1, 0.15) is 23.6 Å². The standard InChI is InChI=1S/C23H20/c1-2-17-14-19-9-3-4-10-20(19)15-22(17)16-21-12-7-11-18-8-5-6-13-23(18)21/h3-15H,2,16H2,1H3. The Morgan fingerprint density at radius 2 is 1.17 bits per heavy atom. The molecule has 23 heavy (non-hydrogen) atoms. The molecule has 0 spiro atoms. The minimum atomic E-state index is 0.995. The third-order valence-electron chi connectivity index (χ3n) is 4.71. The van der Waals surface area contributed by atoms with Crippen molar-refractivity contribution in [3.05, 3.63) is 95.6 Å². The molecule has 0 nitrogen and oxygen atoms in total. The number of aryl methyl sites for hydroxylation is 1. The molecule has 0 saturated heterocycles. The first-order valence-corrected chi connectivity index (χ1v) is 8.32. The third-order valence-corrected chi connectivity index (χ3v) is 4.71. The van der Waals surface area contributed by atoms with Crippen LogP contribution in [0.5, 0.6) is 0 Å². The fourth-order valence-corrected chi connectivity index (χ4v) is 3.48. The smallest absolute Gasteiger partial charge is 0.00167 e. The quantitative estimate of drug-likeness (QED) is 0.425. The lowest BCUT2D eigenvalue weighted by Gasteiger charge is -2.12. The predicted octanol–water partition coefficient (Wildman–Crippen LogP) is 6.15. The zero-order valence-corrected chi connectivity index (χ0v) is 13.4. The maximum atomic E-state index is 2.37. The molecule has 0 aromatic heterocycles. The first kappa shape index (κ1) is 14.0. The van der Waals surface area contributed by atoms with Crippen LogP contribution in [0.25, 0.3) is 21.5 Å². The van der Waals surface area contributed by atoms with Gasteiger partial charge in [0.05, 0.1) is 0 Å². The molecule has 0 aliphatic rings. The fraction of sp³-hybridized carbons (Fsp3) is 0.130. The predicted molar refractivity (Wildman–Crippen MR) is 100 cm³/mol. The summed E-state index contributed by atoms with van der Waals surface area (Å²) in [6, 6.07) is 28.7. The van der Waals surface area contributed by atoms with Crippen LogP contribution in [0, 0.1) is 0 Å². The molecule has 0 unspecified atom stereocenters. The van der Waals surface area contributed by atoms with Gasteiger partial charge < -0.3 is 0 Å². The average Bonchev–Trinajstić information content (AvgIpc) is 2.61. The van der Waals surface area contributed by atoms with Gasteiger partial charge in [0.25, 0.3) is 0 Å². The lowest BCUT2D eigenvalue weighted by atomic mass is 9.92. The van der Waals surface area contributed by atoms with Gasteiger partial charge in [-0.25, -0.2) is 0 Å². The highest BCUT2D eigenvalue weighted by Gasteiger charge is 2.07. The summed E-state index contributed by atoms with van der Waals surface area (Å²) in [6.45, 7) is 2.25. The summed E-state index contributed by atoms with van der Waals surface area (Å²) < 4.78 is 0. The van der Waals surface area contributed by atoms with Crippen molar-refractivity contribution in [1.82, 2.24) is 0 Å². The van der Waals surface area contributed by atoms with Crippen LogP contribution < -0.4 is 0 Å². The van der Waals surface area contributed by atoms with E-state index < -0.39 is 0 Å². The van der Waals surface area contributed by atoms with E-state index >= 15 is 0 Å². The minimum absolute atomic E-state index is 0.995. The van der Waals surface area contributed by atoms with Crippen molar-refractivity contribution in [2.24, 2.45) is 0 Å². The zero-order valence-electron chi connectivity index (χ0n) is 13.4. The van der Waals surface area contributed by atoms with Crippen LogP contribution in [0.2, 0.25) is 0 Å². The van der Waals surface area contributed by atoms with E-state index in [0.29, 0.717) is 0 Å². The van der Waals surface area contributed by atoms with Gasteiger partial charge in [-0.15, -0.1) is 0 Å². The van der Waals surface area contributed by atoms with E-state index in [0.717, 1.165) is 12.8 Å². The monoisotopic (exact) mass is 296 g/mol. The molecule has 0 bridgehead atoms. The summed E-state index contributed by atoms with van der Waals surface area (Å²) in [6.07, 6.45) is 2.07. The topological polar surface area (TPSA) is 0 Å². The molecular weight excluding hydrogens is 276 g/mol. The summed E-state index contributed by atoms with van der Waals surface area (Å²) in [5, 5.41) is 5.36. The van der Waals surface area contributed by atoms with Gasteiger partial charge in [0.15, 0.2) is 0 Å². The highest BCUT2D eigenvalue weighted by Crippen LogP contribution is 2.26. The molecule has 4 rings (SSSR count). The summed E-state index contributed by atoms with van der Waals surface area (Å²) in [4.78, 5) is 0. The molecule has 112 valence electrons. The third kappa shape index (κ3) is 2.61. The lowest BCUT2D eigenvalue weighted by Crippen LogP contribution is -1.96. The second-order valence-corrected chi connectivity index (χ2v) is 6.14. The van der Waals surface area contributed by atoms with Crippen molar-refractivity contribution in [3.63, 3.8) is 0 Å². The molecule has 0 radical (unpaired) electrons. The Kier molecular flexibility index (Phi) is 3.59. The first-order valence-electron chi connectivity index (χ1n) is 8.32. The van der Waals surface area contributed by atoms with Gasteiger partial charge in [0, 0.05) is 0 Å². The number of hydrogen-bond donors (Lipinski definition) is 0. The molecule has 0 atom stereocenters. The van der Waals surface area contributed by atoms with E-state index in [-0.39, 0.29) is 0 Å². The van der Waals surface area contributed by atoms with Crippen molar-refractivity contribution < 1.29 is 0 Å². The average molecular weight is 296 g/mol. The van der Waals surface area contributed by atoms with Crippen LogP contribution in [0.3, 0.4) is 0 Å². The van der Waals surface area contributed by atoms with Crippen LogP contribution in [-0.2, 0) is 12.8 Å². The summed E-state index contributed by atoms with van der Waals surface area (Å²) in [7, 11) is 0. The van der Waals surface area contributed by atoms with E-state index in [9.17, 15) is 0 Å². The minimum Gasteiger partial charge on any atom is -0.0616 e. The Morgan fingerprint density at radius 3 is 1.91 bits per heavy atom. The molecule has 0 amide bonds. The van der Waals surface area contributed by atoms with Gasteiger partial charge in [-0.2, -0.15) is 0 Å². The van der Waals surface area contributed by atoms with Crippen LogP contribution in [-0.4, -0.2) is 0 Å². The molecule has 0 saturated carbocycles. The molecule has 4 aromatic rings. The Balaban J connectivity index is 1.85. The molecule has 0 aliphatic carbocycles. The maximum Gasteiger partial charge on any atom is -0.00167 e. The molecule has 0 fully saturated rings. The molecule has 0 heterocycles. The number of fused-ring (bicyclic) bond motifs is 2. The molecule has 0 aliphatic heterocycles. The van der Waals surface area contributed by atoms with Crippen molar-refractivity contribution in [1.29, 1.82) is 0 Å². The largest absolute Gasteiger partial charge is 0.0616 e. The van der Waals surface area contributed by atoms with Gasteiger partial charge in [0.1, 0.15) is 0 Å². The number of hydrogen-bond acceptors (Lipinski definition) is 0. The van der Waals surface area contributed by atoms with Crippen LogP contribution >= 0.6 is 0 Å². The first-order chi connectivity index (χ1) is 11.3. The SMILES string of the molecule is CCc1cc2ccccc2cc1Cc1cccc2ccccc12. The van der Waals surface area contributed by atoms with E-state index in [2.05, 4.69) is 85.8 Å². The Bertz CT molecular complexity index is 974. The highest BCUT2D eigenvalue weighted by molar-refractivity contribution is 5.87. The van der Waals surface area contributed by atoms with E-state index in [1.807, 2.05) is 0 Å². The highest BCUT2D eigenvalue weighted by atomic mass is 14.1. The van der Waals surface area contributed by atoms with E-state index in [1.54, 1.807) is 0 Å². The summed E-state index contributed by atoms with van der Waals surface area (Å²) >= 11 is 0. The second kappa shape index (κ2) is 5.89. The lowest BCUT2D eigenvalue weighted by molar-refractivity contribution is 1.07. The Labute approximate surface area is 137 Å². The normalized spacial score (nSPS) is 11.2. The Morgan fingerprint density at radius 1 is 0.565 bits per heavy atom. The zero-order chi connectivity index (χ0) is 15.6. The maximum absolute atomic E-state index is 2.37. The number of rotatable bonds is 3. The van der Waals surface area contributed by atoms with Crippen LogP contribution in [0.4, 0.5) is 0 Å². The van der Waals surface area contributed by atoms with Crippen molar-refractivity contribution >= 4 is 21.5 Å². The molecule has 0 N–H and O–H groups in total. The van der Waals surface area contributed by atoms with Crippen LogP contribution in [0.15, 0.2) is 78.9 Å². The fourth-order valence-electron chi connectivity index (χ4n) is 3.48. The summed E-state index contributed by atoms with van der Waals surface area (Å²) in [5.41, 5.74) is 4.31. The summed E-state index contributed by atoms with van der Waals surface area (Å²) in [5.74, 6) is 0. The number of benzene rings is 4. The molecule has 0 heteroatoms. The van der Waals surface area contributed by atoms with Crippen molar-refractivity contribution in [3.8, 4) is 0 Å². The van der Waals surface area contributed by atoms with Gasteiger partial charge in [-0.3, -0.25) is 0 Å². The van der Waals surface area contributed by atoms with E-state index in [1.165, 1.54) is 38.2 Å². The molecular formula is C23H20. The second-order valence-electron chi connectivity index (χ2n) is 6.14. The van der Waals surface area contributed by atoms with Gasteiger partial charge >= 0.3 is 0 Å². The van der Waals surface area contributed by atoms with E-state index in [4.69, 9.17) is 0 Å². The van der Waals surface area contributed by atoms with Gasteiger partial charge in [0.2, 0.25) is 0 Å².